The van der Waals surface area contributed by atoms with Crippen LogP contribution in [0.2, 0.25) is 0 Å². The number of methoxy groups -OCH3 is 1. The Labute approximate surface area is 130 Å². The zero-order valence-corrected chi connectivity index (χ0v) is 12.9. The number of nitrogens with one attached hydrogen (secondary N) is 1. The quantitative estimate of drug-likeness (QED) is 0.920. The highest BCUT2D eigenvalue weighted by molar-refractivity contribution is 5.85. The van der Waals surface area contributed by atoms with Gasteiger partial charge in [0.15, 0.2) is 0 Å². The largest absolute Gasteiger partial charge is 0.497 e. The number of hydrogen-bond acceptors (Lipinski definition) is 5. The van der Waals surface area contributed by atoms with Gasteiger partial charge in [-0.25, -0.2) is 0 Å². The van der Waals surface area contributed by atoms with Crippen LogP contribution in [0.4, 0.5) is 0 Å². The van der Waals surface area contributed by atoms with Gasteiger partial charge in [0.25, 0.3) is 0 Å². The van der Waals surface area contributed by atoms with Crippen LogP contribution in [0.3, 0.4) is 0 Å². The summed E-state index contributed by atoms with van der Waals surface area (Å²) in [6, 6.07) is 8.29. The Morgan fingerprint density at radius 3 is 3.10 bits per heavy atom. The van der Waals surface area contributed by atoms with Gasteiger partial charge in [0.05, 0.1) is 7.11 Å². The predicted octanol–water partition coefficient (Wildman–Crippen LogP) is 2.85. The fraction of sp³-hybridized carbons (Fsp3) is 0.467. The highest BCUT2D eigenvalue weighted by Gasteiger charge is 2.16. The molecule has 0 aliphatic carbocycles. The number of hydrogen-bond donors (Lipinski definition) is 1. The molecule has 3 rings (SSSR count). The summed E-state index contributed by atoms with van der Waals surface area (Å²) in [5.41, 5.74) is 0.915. The van der Waals surface area contributed by atoms with Crippen molar-refractivity contribution < 1.29 is 9.26 Å². The van der Waals surface area contributed by atoms with Crippen molar-refractivity contribution in [2.24, 2.45) is 0 Å². The van der Waals surface area contributed by atoms with Gasteiger partial charge in [0.2, 0.25) is 11.7 Å². The molecule has 0 spiro atoms. The van der Waals surface area contributed by atoms with E-state index in [4.69, 9.17) is 9.26 Å². The van der Waals surface area contributed by atoms with Crippen molar-refractivity contribution in [2.75, 3.05) is 13.7 Å². The number of aromatic nitrogens is 2. The van der Waals surface area contributed by atoms with Crippen molar-refractivity contribution in [3.8, 4) is 17.1 Å². The highest BCUT2D eigenvalue weighted by atomic mass is 35.5. The van der Waals surface area contributed by atoms with Crippen molar-refractivity contribution in [1.82, 2.24) is 15.5 Å². The van der Waals surface area contributed by atoms with E-state index in [9.17, 15) is 0 Å². The van der Waals surface area contributed by atoms with Crippen molar-refractivity contribution in [3.63, 3.8) is 0 Å². The lowest BCUT2D eigenvalue weighted by Crippen LogP contribution is -2.21. The first-order chi connectivity index (χ1) is 9.85. The van der Waals surface area contributed by atoms with E-state index < -0.39 is 0 Å². The van der Waals surface area contributed by atoms with Crippen LogP contribution in [-0.2, 0) is 6.42 Å². The molecule has 5 nitrogen and oxygen atoms in total. The van der Waals surface area contributed by atoms with E-state index in [0.29, 0.717) is 17.8 Å². The van der Waals surface area contributed by atoms with Gasteiger partial charge in [0.1, 0.15) is 5.75 Å². The number of halogens is 1. The topological polar surface area (TPSA) is 60.2 Å². The first-order valence-electron chi connectivity index (χ1n) is 7.05. The Balaban J connectivity index is 0.00000161. The molecule has 1 fully saturated rings. The summed E-state index contributed by atoms with van der Waals surface area (Å²) in [6.07, 6.45) is 4.40. The molecule has 2 aromatic rings. The number of rotatable bonds is 5. The van der Waals surface area contributed by atoms with Crippen molar-refractivity contribution in [3.05, 3.63) is 30.2 Å². The maximum atomic E-state index is 5.32. The minimum absolute atomic E-state index is 0. The average molecular weight is 310 g/mol. The molecule has 1 aliphatic heterocycles. The molecule has 21 heavy (non-hydrogen) atoms. The molecule has 0 radical (unpaired) electrons. The normalized spacial score (nSPS) is 17.5. The predicted molar refractivity (Wildman–Crippen MR) is 82.9 cm³/mol. The van der Waals surface area contributed by atoms with Gasteiger partial charge >= 0.3 is 0 Å². The summed E-state index contributed by atoms with van der Waals surface area (Å²) in [6.45, 7) is 1.13. The summed E-state index contributed by atoms with van der Waals surface area (Å²) >= 11 is 0. The van der Waals surface area contributed by atoms with Crippen LogP contribution in [0.1, 0.15) is 25.2 Å². The molecule has 1 atom stereocenters. The molecule has 2 heterocycles. The Morgan fingerprint density at radius 2 is 2.33 bits per heavy atom. The maximum absolute atomic E-state index is 5.32. The lowest BCUT2D eigenvalue weighted by atomic mass is 10.1. The molecule has 1 saturated heterocycles. The van der Waals surface area contributed by atoms with Crippen molar-refractivity contribution >= 4 is 12.4 Å². The molecular weight excluding hydrogens is 290 g/mol. The molecular formula is C15H20ClN3O2. The van der Waals surface area contributed by atoms with Crippen LogP contribution in [-0.4, -0.2) is 29.8 Å². The fourth-order valence-electron chi connectivity index (χ4n) is 2.54. The zero-order chi connectivity index (χ0) is 13.8. The third kappa shape index (κ3) is 3.95. The molecule has 0 amide bonds. The minimum Gasteiger partial charge on any atom is -0.497 e. The third-order valence-electron chi connectivity index (χ3n) is 3.67. The van der Waals surface area contributed by atoms with Crippen molar-refractivity contribution in [1.29, 1.82) is 0 Å². The molecule has 1 aromatic carbocycles. The van der Waals surface area contributed by atoms with Crippen LogP contribution in [0.25, 0.3) is 11.4 Å². The summed E-state index contributed by atoms with van der Waals surface area (Å²) in [5, 5.41) is 7.52. The van der Waals surface area contributed by atoms with E-state index in [1.54, 1.807) is 7.11 Å². The van der Waals surface area contributed by atoms with E-state index in [1.807, 2.05) is 24.3 Å². The monoisotopic (exact) mass is 309 g/mol. The average Bonchev–Trinajstić information content (AvgIpc) is 3.16. The second-order valence-electron chi connectivity index (χ2n) is 5.08. The van der Waals surface area contributed by atoms with Crippen LogP contribution in [0.15, 0.2) is 28.8 Å². The second-order valence-corrected chi connectivity index (χ2v) is 5.08. The molecule has 1 aliphatic rings. The Kier molecular flexibility index (Phi) is 5.59. The fourth-order valence-corrected chi connectivity index (χ4v) is 2.54. The number of nitrogens with zero attached hydrogens (tertiary/aromatic N) is 2. The van der Waals surface area contributed by atoms with Crippen LogP contribution in [0.5, 0.6) is 5.75 Å². The van der Waals surface area contributed by atoms with Gasteiger partial charge in [-0.1, -0.05) is 17.3 Å². The van der Waals surface area contributed by atoms with Crippen LogP contribution >= 0.6 is 12.4 Å². The van der Waals surface area contributed by atoms with Gasteiger partial charge in [0, 0.05) is 18.0 Å². The maximum Gasteiger partial charge on any atom is 0.227 e. The Bertz CT molecular complexity index is 568. The Morgan fingerprint density at radius 1 is 1.43 bits per heavy atom. The van der Waals surface area contributed by atoms with Crippen molar-refractivity contribution in [2.45, 2.75) is 31.7 Å². The minimum atomic E-state index is 0. The SMILES string of the molecule is COc1cccc(-c2noc(CCC3CCCN3)n2)c1.Cl. The lowest BCUT2D eigenvalue weighted by molar-refractivity contribution is 0.368. The number of benzene rings is 1. The second kappa shape index (κ2) is 7.43. The van der Waals surface area contributed by atoms with E-state index in [-0.39, 0.29) is 12.4 Å². The molecule has 0 bridgehead atoms. The van der Waals surface area contributed by atoms with E-state index in [2.05, 4.69) is 15.5 Å². The van der Waals surface area contributed by atoms with Gasteiger partial charge in [-0.05, 0) is 37.9 Å². The Hall–Kier alpha value is -1.59. The molecule has 1 N–H and O–H groups in total. The van der Waals surface area contributed by atoms with Gasteiger partial charge in [-0.2, -0.15) is 4.98 Å². The number of ether oxygens (including phenoxy) is 1. The summed E-state index contributed by atoms with van der Waals surface area (Å²) < 4.78 is 10.5. The van der Waals surface area contributed by atoms with E-state index >= 15 is 0 Å². The van der Waals surface area contributed by atoms with Gasteiger partial charge in [-0.3, -0.25) is 0 Å². The van der Waals surface area contributed by atoms with Crippen LogP contribution in [0, 0.1) is 0 Å². The highest BCUT2D eigenvalue weighted by Crippen LogP contribution is 2.21. The van der Waals surface area contributed by atoms with E-state index in [0.717, 1.165) is 30.7 Å². The first-order valence-corrected chi connectivity index (χ1v) is 7.05. The molecule has 0 saturated carbocycles. The molecule has 1 unspecified atom stereocenters. The zero-order valence-electron chi connectivity index (χ0n) is 12.0. The summed E-state index contributed by atoms with van der Waals surface area (Å²) in [4.78, 5) is 4.46. The van der Waals surface area contributed by atoms with Gasteiger partial charge < -0.3 is 14.6 Å². The lowest BCUT2D eigenvalue weighted by Gasteiger charge is -2.06. The smallest absolute Gasteiger partial charge is 0.227 e. The molecule has 6 heteroatoms. The first kappa shape index (κ1) is 15.8. The molecule has 114 valence electrons. The third-order valence-corrected chi connectivity index (χ3v) is 3.67. The van der Waals surface area contributed by atoms with E-state index in [1.165, 1.54) is 12.8 Å². The van der Waals surface area contributed by atoms with Gasteiger partial charge in [-0.15, -0.1) is 12.4 Å². The number of aryl methyl sites for hydroxylation is 1. The van der Waals surface area contributed by atoms with Crippen LogP contribution < -0.4 is 10.1 Å². The summed E-state index contributed by atoms with van der Waals surface area (Å²) in [5.74, 6) is 2.12. The summed E-state index contributed by atoms with van der Waals surface area (Å²) in [7, 11) is 1.65. The standard InChI is InChI=1S/C15H19N3O2.ClH/c1-19-13-6-2-4-11(10-13)15-17-14(20-18-15)8-7-12-5-3-9-16-12;/h2,4,6,10,12,16H,3,5,7-9H2,1H3;1H. The molecule has 1 aromatic heterocycles.